The number of amides is 1. The Kier molecular flexibility index (Phi) is 8.40. The number of hydrazone groups is 1. The van der Waals surface area contributed by atoms with Gasteiger partial charge < -0.3 is 9.47 Å². The fourth-order valence-corrected chi connectivity index (χ4v) is 4.20. The number of pyridine rings is 1. The Balaban J connectivity index is 1.40. The summed E-state index contributed by atoms with van der Waals surface area (Å²) in [6.07, 6.45) is 7.89. The van der Waals surface area contributed by atoms with E-state index >= 15 is 0 Å². The summed E-state index contributed by atoms with van der Waals surface area (Å²) >= 11 is 7.06. The van der Waals surface area contributed by atoms with Crippen LogP contribution >= 0.6 is 22.9 Å². The Bertz CT molecular complexity index is 1120. The zero-order valence-corrected chi connectivity index (χ0v) is 20.3. The standard InChI is InChI=1S/C23H25ClN6O3S/c1-2-26-30(20-5-3-4-12-32-20)14-17-13-25-11-10-19(17)21(31)27-22-28-29-23(34-22)33-15-16-6-8-18(24)9-7-16/h2,6-11,13,20H,3-5,12,14-15H2,1H3,(H,27,28,31)/b26-2-. The Labute approximate surface area is 206 Å². The molecule has 1 fully saturated rings. The molecule has 2 aromatic heterocycles. The maximum Gasteiger partial charge on any atom is 0.296 e. The van der Waals surface area contributed by atoms with E-state index in [1.54, 1.807) is 36.8 Å². The monoisotopic (exact) mass is 500 g/mol. The van der Waals surface area contributed by atoms with E-state index in [1.807, 2.05) is 24.1 Å². The van der Waals surface area contributed by atoms with Crippen molar-refractivity contribution in [1.82, 2.24) is 20.2 Å². The number of carbonyl (C=O) groups is 1. The van der Waals surface area contributed by atoms with E-state index in [-0.39, 0.29) is 12.1 Å². The van der Waals surface area contributed by atoms with Crippen molar-refractivity contribution >= 4 is 40.2 Å². The van der Waals surface area contributed by atoms with Gasteiger partial charge >= 0.3 is 0 Å². The van der Waals surface area contributed by atoms with Gasteiger partial charge in [-0.2, -0.15) is 5.10 Å². The van der Waals surface area contributed by atoms with Crippen LogP contribution in [0.25, 0.3) is 0 Å². The number of aromatic nitrogens is 3. The van der Waals surface area contributed by atoms with E-state index in [9.17, 15) is 4.79 Å². The summed E-state index contributed by atoms with van der Waals surface area (Å²) in [5.41, 5.74) is 2.18. The summed E-state index contributed by atoms with van der Waals surface area (Å²) < 4.78 is 11.6. The molecule has 9 nitrogen and oxygen atoms in total. The third-order valence-corrected chi connectivity index (χ3v) is 6.14. The summed E-state index contributed by atoms with van der Waals surface area (Å²) in [4.78, 5) is 17.2. The van der Waals surface area contributed by atoms with Crippen molar-refractivity contribution in [2.75, 3.05) is 11.9 Å². The van der Waals surface area contributed by atoms with Crippen molar-refractivity contribution < 1.29 is 14.3 Å². The Morgan fingerprint density at radius 1 is 1.32 bits per heavy atom. The number of rotatable bonds is 9. The fraction of sp³-hybridized carbons (Fsp3) is 0.348. The third kappa shape index (κ3) is 6.49. The largest absolute Gasteiger partial charge is 0.464 e. The first-order chi connectivity index (χ1) is 16.6. The average molecular weight is 501 g/mol. The van der Waals surface area contributed by atoms with Gasteiger partial charge in [0.15, 0.2) is 0 Å². The first-order valence-corrected chi connectivity index (χ1v) is 12.1. The lowest BCUT2D eigenvalue weighted by Gasteiger charge is -2.32. The highest BCUT2D eigenvalue weighted by Gasteiger charge is 2.23. The highest BCUT2D eigenvalue weighted by molar-refractivity contribution is 7.17. The molecule has 1 N–H and O–H groups in total. The molecule has 4 rings (SSSR count). The number of hydrogen-bond acceptors (Lipinski definition) is 9. The zero-order valence-electron chi connectivity index (χ0n) is 18.7. The molecule has 0 saturated carbocycles. The molecule has 178 valence electrons. The molecule has 0 bridgehead atoms. The number of ether oxygens (including phenoxy) is 2. The van der Waals surface area contributed by atoms with Crippen molar-refractivity contribution in [3.8, 4) is 5.19 Å². The molecule has 0 radical (unpaired) electrons. The summed E-state index contributed by atoms with van der Waals surface area (Å²) in [7, 11) is 0. The van der Waals surface area contributed by atoms with Crippen molar-refractivity contribution in [3.63, 3.8) is 0 Å². The predicted molar refractivity (Wildman–Crippen MR) is 131 cm³/mol. The second-order valence-electron chi connectivity index (χ2n) is 7.57. The lowest BCUT2D eigenvalue weighted by molar-refractivity contribution is -0.0890. The SMILES string of the molecule is C/C=N\N(Cc1cnccc1C(=O)Nc1nnc(OCc2ccc(Cl)cc2)s1)C1CCCCO1. The van der Waals surface area contributed by atoms with Gasteiger partial charge in [0.25, 0.3) is 11.1 Å². The van der Waals surface area contributed by atoms with Crippen LogP contribution in [0.3, 0.4) is 0 Å². The molecule has 1 aliphatic heterocycles. The van der Waals surface area contributed by atoms with Crippen molar-refractivity contribution in [3.05, 3.63) is 64.4 Å². The maximum atomic E-state index is 13.0. The number of benzene rings is 1. The van der Waals surface area contributed by atoms with Crippen LogP contribution in [0.2, 0.25) is 5.02 Å². The van der Waals surface area contributed by atoms with E-state index in [1.165, 1.54) is 0 Å². The molecule has 1 aliphatic rings. The van der Waals surface area contributed by atoms with Crippen molar-refractivity contribution in [1.29, 1.82) is 0 Å². The van der Waals surface area contributed by atoms with E-state index in [4.69, 9.17) is 21.1 Å². The van der Waals surface area contributed by atoms with Crippen LogP contribution in [0.5, 0.6) is 5.19 Å². The molecule has 0 spiro atoms. The van der Waals surface area contributed by atoms with Gasteiger partial charge in [0.2, 0.25) is 5.13 Å². The van der Waals surface area contributed by atoms with E-state index in [2.05, 4.69) is 25.6 Å². The molecular weight excluding hydrogens is 476 g/mol. The van der Waals surface area contributed by atoms with Crippen molar-refractivity contribution in [2.45, 2.75) is 45.6 Å². The number of halogens is 1. The molecular formula is C23H25ClN6O3S. The van der Waals surface area contributed by atoms with Gasteiger partial charge in [0.05, 0.1) is 6.54 Å². The summed E-state index contributed by atoms with van der Waals surface area (Å²) in [5, 5.41) is 18.5. The molecule has 3 heterocycles. The highest BCUT2D eigenvalue weighted by atomic mass is 35.5. The molecule has 34 heavy (non-hydrogen) atoms. The van der Waals surface area contributed by atoms with Crippen LogP contribution in [0.4, 0.5) is 5.13 Å². The minimum absolute atomic E-state index is 0.121. The topological polar surface area (TPSA) is 102 Å². The third-order valence-electron chi connectivity index (χ3n) is 5.13. The van der Waals surface area contributed by atoms with E-state index < -0.39 is 0 Å². The van der Waals surface area contributed by atoms with E-state index in [0.717, 1.165) is 41.7 Å². The van der Waals surface area contributed by atoms with Crippen LogP contribution in [0.1, 0.15) is 47.7 Å². The van der Waals surface area contributed by atoms with Crippen LogP contribution in [0.15, 0.2) is 47.8 Å². The number of hydrogen-bond donors (Lipinski definition) is 1. The van der Waals surface area contributed by atoms with E-state index in [0.29, 0.717) is 40.7 Å². The minimum Gasteiger partial charge on any atom is -0.464 e. The fourth-order valence-electron chi connectivity index (χ4n) is 3.48. The number of carbonyl (C=O) groups excluding carboxylic acids is 1. The van der Waals surface area contributed by atoms with Crippen LogP contribution in [-0.2, 0) is 17.9 Å². The Morgan fingerprint density at radius 2 is 2.18 bits per heavy atom. The smallest absolute Gasteiger partial charge is 0.296 e. The summed E-state index contributed by atoms with van der Waals surface area (Å²) in [6, 6.07) is 9.03. The van der Waals surface area contributed by atoms with Crippen LogP contribution in [0, 0.1) is 0 Å². The molecule has 1 unspecified atom stereocenters. The maximum absolute atomic E-state index is 13.0. The van der Waals surface area contributed by atoms with Crippen molar-refractivity contribution in [2.24, 2.45) is 5.10 Å². The van der Waals surface area contributed by atoms with Gasteiger partial charge in [0.1, 0.15) is 12.8 Å². The molecule has 1 saturated heterocycles. The Hall–Kier alpha value is -3.08. The molecule has 1 atom stereocenters. The van der Waals surface area contributed by atoms with Gasteiger partial charge in [-0.1, -0.05) is 28.8 Å². The van der Waals surface area contributed by atoms with Gasteiger partial charge in [-0.3, -0.25) is 20.1 Å². The summed E-state index contributed by atoms with van der Waals surface area (Å²) in [5.74, 6) is -0.303. The molecule has 0 aliphatic carbocycles. The average Bonchev–Trinajstić information content (AvgIpc) is 3.31. The first-order valence-electron chi connectivity index (χ1n) is 10.9. The molecule has 1 amide bonds. The second-order valence-corrected chi connectivity index (χ2v) is 8.94. The van der Waals surface area contributed by atoms with Gasteiger partial charge in [-0.25, -0.2) is 0 Å². The molecule has 11 heteroatoms. The van der Waals surface area contributed by atoms with Gasteiger partial charge in [0, 0.05) is 41.4 Å². The predicted octanol–water partition coefficient (Wildman–Crippen LogP) is 4.75. The normalized spacial score (nSPS) is 15.9. The van der Waals surface area contributed by atoms with Crippen LogP contribution < -0.4 is 10.1 Å². The highest BCUT2D eigenvalue weighted by Crippen LogP contribution is 2.25. The number of nitrogens with zero attached hydrogens (tertiary/aromatic N) is 5. The molecule has 1 aromatic carbocycles. The van der Waals surface area contributed by atoms with Crippen LogP contribution in [-0.4, -0.2) is 45.1 Å². The lowest BCUT2D eigenvalue weighted by atomic mass is 10.1. The zero-order chi connectivity index (χ0) is 23.8. The second kappa shape index (κ2) is 11.9. The molecule has 3 aromatic rings. The van der Waals surface area contributed by atoms with Gasteiger partial charge in [-0.05, 0) is 61.3 Å². The Morgan fingerprint density at radius 3 is 2.94 bits per heavy atom. The summed E-state index contributed by atoms with van der Waals surface area (Å²) in [6.45, 7) is 3.29. The first kappa shape index (κ1) is 24.1. The number of anilines is 1. The quantitative estimate of drug-likeness (QED) is 0.334. The van der Waals surface area contributed by atoms with Gasteiger partial charge in [-0.15, -0.1) is 5.10 Å². The minimum atomic E-state index is -0.303. The number of nitrogens with one attached hydrogen (secondary N) is 1. The lowest BCUT2D eigenvalue weighted by Crippen LogP contribution is -2.36.